The molecule has 1 heterocycles. The molecule has 0 bridgehead atoms. The average molecular weight is 208 g/mol. The van der Waals surface area contributed by atoms with Gasteiger partial charge in [-0.3, -0.25) is 4.79 Å². The third-order valence-corrected chi connectivity index (χ3v) is 4.23. The fraction of sp³-hybridized carbons (Fsp3) is 0.750. The van der Waals surface area contributed by atoms with Gasteiger partial charge in [-0.05, 0) is 18.4 Å². The summed E-state index contributed by atoms with van der Waals surface area (Å²) < 4.78 is 11.4. The number of ketones is 1. The predicted molar refractivity (Wildman–Crippen MR) is 54.2 cm³/mol. The van der Waals surface area contributed by atoms with Gasteiger partial charge in [-0.2, -0.15) is 0 Å². The van der Waals surface area contributed by atoms with Crippen LogP contribution in [0.5, 0.6) is 0 Å². The Labute approximate surface area is 89.4 Å². The van der Waals surface area contributed by atoms with Crippen molar-refractivity contribution in [1.29, 1.82) is 0 Å². The van der Waals surface area contributed by atoms with Gasteiger partial charge < -0.3 is 9.47 Å². The van der Waals surface area contributed by atoms with Gasteiger partial charge in [0.1, 0.15) is 0 Å². The van der Waals surface area contributed by atoms with E-state index in [4.69, 9.17) is 9.47 Å². The molecular weight excluding hydrogens is 192 g/mol. The molecule has 1 spiro atoms. The van der Waals surface area contributed by atoms with Gasteiger partial charge in [0.05, 0.1) is 13.2 Å². The summed E-state index contributed by atoms with van der Waals surface area (Å²) in [6.07, 6.45) is 6.34. The topological polar surface area (TPSA) is 35.5 Å². The quantitative estimate of drug-likeness (QED) is 0.607. The summed E-state index contributed by atoms with van der Waals surface area (Å²) in [5, 5.41) is 0. The highest BCUT2D eigenvalue weighted by Gasteiger charge is 2.53. The fourth-order valence-electron chi connectivity index (χ4n) is 3.04. The molecule has 0 unspecified atom stereocenters. The molecule has 15 heavy (non-hydrogen) atoms. The van der Waals surface area contributed by atoms with Crippen LogP contribution < -0.4 is 0 Å². The van der Waals surface area contributed by atoms with Crippen LogP contribution in [0, 0.1) is 11.3 Å². The van der Waals surface area contributed by atoms with E-state index in [0.717, 1.165) is 19.3 Å². The lowest BCUT2D eigenvalue weighted by Crippen LogP contribution is -2.45. The van der Waals surface area contributed by atoms with Gasteiger partial charge in [0.15, 0.2) is 11.6 Å². The van der Waals surface area contributed by atoms with E-state index in [1.807, 2.05) is 6.08 Å². The van der Waals surface area contributed by atoms with Gasteiger partial charge >= 0.3 is 0 Å². The normalized spacial score (nSPS) is 42.5. The van der Waals surface area contributed by atoms with E-state index < -0.39 is 0 Å². The summed E-state index contributed by atoms with van der Waals surface area (Å²) in [7, 11) is 0. The predicted octanol–water partition coefficient (Wildman–Crippen LogP) is 1.67. The minimum Gasteiger partial charge on any atom is -0.348 e. The van der Waals surface area contributed by atoms with Crippen LogP contribution in [0.1, 0.15) is 26.2 Å². The molecule has 3 nitrogen and oxygen atoms in total. The number of allylic oxidation sites excluding steroid dienone is 2. The Kier molecular flexibility index (Phi) is 1.86. The van der Waals surface area contributed by atoms with E-state index in [1.54, 1.807) is 6.08 Å². The van der Waals surface area contributed by atoms with E-state index in [9.17, 15) is 4.79 Å². The summed E-state index contributed by atoms with van der Waals surface area (Å²) in [5.74, 6) is 0.205. The summed E-state index contributed by atoms with van der Waals surface area (Å²) in [6, 6.07) is 0. The highest BCUT2D eigenvalue weighted by Crippen LogP contribution is 2.51. The van der Waals surface area contributed by atoms with Crippen molar-refractivity contribution in [3.63, 3.8) is 0 Å². The van der Waals surface area contributed by atoms with E-state index in [1.165, 1.54) is 0 Å². The van der Waals surface area contributed by atoms with Crippen LogP contribution in [-0.4, -0.2) is 24.8 Å². The number of ether oxygens (including phenoxy) is 2. The van der Waals surface area contributed by atoms with Gasteiger partial charge in [-0.1, -0.05) is 13.0 Å². The Balaban J connectivity index is 1.85. The molecule has 82 valence electrons. The Hall–Kier alpha value is -0.670. The molecule has 1 saturated heterocycles. The van der Waals surface area contributed by atoms with Gasteiger partial charge in [0, 0.05) is 18.3 Å². The van der Waals surface area contributed by atoms with Gasteiger partial charge in [-0.25, -0.2) is 0 Å². The lowest BCUT2D eigenvalue weighted by molar-refractivity contribution is -0.198. The lowest BCUT2D eigenvalue weighted by atomic mass is 9.66. The van der Waals surface area contributed by atoms with Crippen molar-refractivity contribution in [1.82, 2.24) is 0 Å². The summed E-state index contributed by atoms with van der Waals surface area (Å²) >= 11 is 0. The van der Waals surface area contributed by atoms with E-state index in [0.29, 0.717) is 19.1 Å². The first-order chi connectivity index (χ1) is 7.15. The summed E-state index contributed by atoms with van der Waals surface area (Å²) in [4.78, 5) is 11.8. The molecule has 1 saturated carbocycles. The highest BCUT2D eigenvalue weighted by molar-refractivity contribution is 5.97. The first kappa shape index (κ1) is 9.55. The number of hydrogen-bond donors (Lipinski definition) is 0. The number of rotatable bonds is 0. The van der Waals surface area contributed by atoms with Crippen LogP contribution >= 0.6 is 0 Å². The fourth-order valence-corrected chi connectivity index (χ4v) is 3.04. The standard InChI is InChI=1S/C12H16O3/c1-11-4-5-12(14-6-7-15-12)8-9(11)2-3-10(11)13/h2-3,9H,4-8H2,1H3/t9-,11-/m0/s1. The molecule has 0 aromatic rings. The monoisotopic (exact) mass is 208 g/mol. The van der Waals surface area contributed by atoms with Crippen molar-refractivity contribution in [2.75, 3.05) is 13.2 Å². The van der Waals surface area contributed by atoms with Gasteiger partial charge in [-0.15, -0.1) is 0 Å². The molecule has 0 aromatic heterocycles. The molecule has 2 aliphatic carbocycles. The zero-order valence-electron chi connectivity index (χ0n) is 8.99. The second-order valence-corrected chi connectivity index (χ2v) is 5.06. The molecule has 2 atom stereocenters. The van der Waals surface area contributed by atoms with Crippen molar-refractivity contribution in [3.05, 3.63) is 12.2 Å². The van der Waals surface area contributed by atoms with Crippen LogP contribution in [0.25, 0.3) is 0 Å². The first-order valence-electron chi connectivity index (χ1n) is 5.65. The second-order valence-electron chi connectivity index (χ2n) is 5.06. The summed E-state index contributed by atoms with van der Waals surface area (Å²) in [5.41, 5.74) is -0.180. The van der Waals surface area contributed by atoms with Crippen molar-refractivity contribution in [2.24, 2.45) is 11.3 Å². The molecule has 0 aromatic carbocycles. The maximum absolute atomic E-state index is 11.8. The molecule has 3 aliphatic rings. The molecule has 0 N–H and O–H groups in total. The van der Waals surface area contributed by atoms with Crippen molar-refractivity contribution in [2.45, 2.75) is 32.0 Å². The van der Waals surface area contributed by atoms with Crippen LogP contribution in [-0.2, 0) is 14.3 Å². The molecule has 3 heteroatoms. The lowest BCUT2D eigenvalue weighted by Gasteiger charge is -2.43. The molecular formula is C12H16O3. The molecule has 0 radical (unpaired) electrons. The third-order valence-electron chi connectivity index (χ3n) is 4.23. The first-order valence-corrected chi connectivity index (χ1v) is 5.65. The number of fused-ring (bicyclic) bond motifs is 1. The minimum absolute atomic E-state index is 0.180. The van der Waals surface area contributed by atoms with Gasteiger partial charge in [0.25, 0.3) is 0 Å². The van der Waals surface area contributed by atoms with Crippen LogP contribution in [0.15, 0.2) is 12.2 Å². The Morgan fingerprint density at radius 1 is 1.33 bits per heavy atom. The average Bonchev–Trinajstić information content (AvgIpc) is 2.78. The number of hydrogen-bond acceptors (Lipinski definition) is 3. The highest BCUT2D eigenvalue weighted by atomic mass is 16.7. The minimum atomic E-state index is -0.376. The zero-order chi connectivity index (χ0) is 10.5. The Morgan fingerprint density at radius 3 is 2.80 bits per heavy atom. The third kappa shape index (κ3) is 1.23. The zero-order valence-corrected chi connectivity index (χ0v) is 8.99. The maximum atomic E-state index is 11.8. The summed E-state index contributed by atoms with van der Waals surface area (Å²) in [6.45, 7) is 3.46. The SMILES string of the molecule is C[C@]12CCC3(C[C@@H]1C=CC2=O)OCCO3. The van der Waals surface area contributed by atoms with Crippen molar-refractivity contribution >= 4 is 5.78 Å². The number of carbonyl (C=O) groups is 1. The Bertz CT molecular complexity index is 328. The molecule has 2 fully saturated rings. The van der Waals surface area contributed by atoms with E-state index in [-0.39, 0.29) is 17.0 Å². The van der Waals surface area contributed by atoms with Crippen LogP contribution in [0.4, 0.5) is 0 Å². The van der Waals surface area contributed by atoms with Crippen molar-refractivity contribution < 1.29 is 14.3 Å². The maximum Gasteiger partial charge on any atom is 0.169 e. The van der Waals surface area contributed by atoms with E-state index >= 15 is 0 Å². The van der Waals surface area contributed by atoms with Crippen molar-refractivity contribution in [3.8, 4) is 0 Å². The molecule has 3 rings (SSSR count). The van der Waals surface area contributed by atoms with Crippen LogP contribution in [0.2, 0.25) is 0 Å². The molecule has 0 amide bonds. The second kappa shape index (κ2) is 2.92. The Morgan fingerprint density at radius 2 is 2.07 bits per heavy atom. The molecule has 1 aliphatic heterocycles. The number of carbonyl (C=O) groups excluding carboxylic acids is 1. The smallest absolute Gasteiger partial charge is 0.169 e. The van der Waals surface area contributed by atoms with Crippen LogP contribution in [0.3, 0.4) is 0 Å². The largest absolute Gasteiger partial charge is 0.348 e. The van der Waals surface area contributed by atoms with E-state index in [2.05, 4.69) is 6.92 Å². The van der Waals surface area contributed by atoms with Gasteiger partial charge in [0.2, 0.25) is 0 Å².